The maximum absolute atomic E-state index is 12.5. The first-order valence-corrected chi connectivity index (χ1v) is 10.3. The van der Waals surface area contributed by atoms with Crippen molar-refractivity contribution in [3.05, 3.63) is 89.5 Å². The number of urea groups is 1. The Morgan fingerprint density at radius 1 is 0.844 bits per heavy atom. The predicted molar refractivity (Wildman–Crippen MR) is 123 cm³/mol. The van der Waals surface area contributed by atoms with Crippen molar-refractivity contribution in [1.29, 1.82) is 0 Å². The maximum atomic E-state index is 12.5. The molecule has 0 atom stereocenters. The molecular formula is C25H25N3O4. The highest BCUT2D eigenvalue weighted by molar-refractivity contribution is 5.95. The van der Waals surface area contributed by atoms with E-state index in [1.165, 1.54) is 0 Å². The fraction of sp³-hybridized carbons (Fsp3) is 0.160. The normalized spacial score (nSPS) is 10.2. The molecule has 0 saturated carbocycles. The topological polar surface area (TPSA) is 108 Å². The van der Waals surface area contributed by atoms with Crippen LogP contribution >= 0.6 is 0 Å². The van der Waals surface area contributed by atoms with E-state index >= 15 is 0 Å². The Morgan fingerprint density at radius 2 is 1.56 bits per heavy atom. The second-order valence-corrected chi connectivity index (χ2v) is 7.17. The molecule has 0 saturated heterocycles. The van der Waals surface area contributed by atoms with Gasteiger partial charge in [-0.25, -0.2) is 4.79 Å². The summed E-state index contributed by atoms with van der Waals surface area (Å²) in [6.45, 7) is 0.650. The summed E-state index contributed by atoms with van der Waals surface area (Å²) < 4.78 is 0. The average molecular weight is 431 g/mol. The summed E-state index contributed by atoms with van der Waals surface area (Å²) in [6, 6.07) is 22.3. The first-order chi connectivity index (χ1) is 15.6. The standard InChI is InChI=1S/C25H25N3O4/c29-17-26-16-22-19(13-14-24(30)31)9-6-11-20(22)21-10-4-5-12-23(21)28-25(32)27-15-18-7-2-1-3-8-18/h1-12,17H,13-16H2,(H,26,29)(H,30,31)(H2,27,28,32). The molecule has 7 nitrogen and oxygen atoms in total. The Kier molecular flexibility index (Phi) is 7.97. The molecule has 3 rings (SSSR count). The smallest absolute Gasteiger partial charge is 0.319 e. The van der Waals surface area contributed by atoms with Gasteiger partial charge in [-0.1, -0.05) is 66.7 Å². The van der Waals surface area contributed by atoms with Gasteiger partial charge in [0.25, 0.3) is 0 Å². The van der Waals surface area contributed by atoms with Crippen molar-refractivity contribution in [1.82, 2.24) is 10.6 Å². The lowest BCUT2D eigenvalue weighted by molar-refractivity contribution is -0.137. The number of hydrogen-bond donors (Lipinski definition) is 4. The number of carbonyl (C=O) groups excluding carboxylic acids is 2. The number of benzene rings is 3. The molecular weight excluding hydrogens is 406 g/mol. The van der Waals surface area contributed by atoms with Crippen LogP contribution in [-0.2, 0) is 29.1 Å². The number of hydrogen-bond acceptors (Lipinski definition) is 3. The number of amides is 3. The summed E-state index contributed by atoms with van der Waals surface area (Å²) in [6.07, 6.45) is 0.935. The molecule has 0 aromatic heterocycles. The van der Waals surface area contributed by atoms with Gasteiger partial charge in [0.15, 0.2) is 0 Å². The van der Waals surface area contributed by atoms with Crippen molar-refractivity contribution >= 4 is 24.1 Å². The molecule has 7 heteroatoms. The highest BCUT2D eigenvalue weighted by atomic mass is 16.4. The van der Waals surface area contributed by atoms with E-state index in [2.05, 4.69) is 16.0 Å². The van der Waals surface area contributed by atoms with Crippen LogP contribution in [0.1, 0.15) is 23.1 Å². The van der Waals surface area contributed by atoms with Crippen LogP contribution in [0, 0.1) is 0 Å². The average Bonchev–Trinajstić information content (AvgIpc) is 2.81. The molecule has 0 heterocycles. The fourth-order valence-corrected chi connectivity index (χ4v) is 3.49. The van der Waals surface area contributed by atoms with Crippen molar-refractivity contribution < 1.29 is 19.5 Å². The van der Waals surface area contributed by atoms with Gasteiger partial charge in [-0.3, -0.25) is 9.59 Å². The second kappa shape index (κ2) is 11.3. The third-order valence-electron chi connectivity index (χ3n) is 5.00. The fourth-order valence-electron chi connectivity index (χ4n) is 3.49. The van der Waals surface area contributed by atoms with Crippen molar-refractivity contribution in [3.8, 4) is 11.1 Å². The minimum Gasteiger partial charge on any atom is -0.481 e. The minimum atomic E-state index is -0.887. The predicted octanol–water partition coefficient (Wildman–Crippen LogP) is 3.94. The zero-order chi connectivity index (χ0) is 22.8. The van der Waals surface area contributed by atoms with Gasteiger partial charge < -0.3 is 21.1 Å². The Balaban J connectivity index is 1.86. The summed E-state index contributed by atoms with van der Waals surface area (Å²) in [5.74, 6) is -0.887. The monoisotopic (exact) mass is 431 g/mol. The maximum Gasteiger partial charge on any atom is 0.319 e. The van der Waals surface area contributed by atoms with Gasteiger partial charge in [0.05, 0.1) is 5.69 Å². The van der Waals surface area contributed by atoms with Gasteiger partial charge in [0.1, 0.15) is 0 Å². The molecule has 0 spiro atoms. The zero-order valence-electron chi connectivity index (χ0n) is 17.5. The number of aryl methyl sites for hydroxylation is 1. The lowest BCUT2D eigenvalue weighted by Gasteiger charge is -2.18. The number of aliphatic carboxylic acids is 1. The molecule has 3 amide bonds. The van der Waals surface area contributed by atoms with Crippen LogP contribution in [0.4, 0.5) is 10.5 Å². The molecule has 0 radical (unpaired) electrons. The van der Waals surface area contributed by atoms with Crippen LogP contribution < -0.4 is 16.0 Å². The van der Waals surface area contributed by atoms with Crippen molar-refractivity contribution in [3.63, 3.8) is 0 Å². The Bertz CT molecular complexity index is 1080. The number of nitrogens with one attached hydrogen (secondary N) is 3. The Hall–Kier alpha value is -4.13. The van der Waals surface area contributed by atoms with Crippen molar-refractivity contribution in [2.45, 2.75) is 25.9 Å². The van der Waals surface area contributed by atoms with Crippen LogP contribution in [-0.4, -0.2) is 23.5 Å². The van der Waals surface area contributed by atoms with Crippen LogP contribution in [0.3, 0.4) is 0 Å². The molecule has 32 heavy (non-hydrogen) atoms. The van der Waals surface area contributed by atoms with Crippen molar-refractivity contribution in [2.24, 2.45) is 0 Å². The first kappa shape index (κ1) is 22.6. The third-order valence-corrected chi connectivity index (χ3v) is 5.00. The number of carboxylic acids is 1. The van der Waals surface area contributed by atoms with Crippen LogP contribution in [0.2, 0.25) is 0 Å². The van der Waals surface area contributed by atoms with E-state index in [1.807, 2.05) is 66.7 Å². The minimum absolute atomic E-state index is 0.0146. The SMILES string of the molecule is O=CNCc1c(CCC(=O)O)cccc1-c1ccccc1NC(=O)NCc1ccccc1. The van der Waals surface area contributed by atoms with Crippen LogP contribution in [0.25, 0.3) is 11.1 Å². The second-order valence-electron chi connectivity index (χ2n) is 7.17. The van der Waals surface area contributed by atoms with Gasteiger partial charge in [-0.15, -0.1) is 0 Å². The molecule has 0 aliphatic rings. The highest BCUT2D eigenvalue weighted by Crippen LogP contribution is 2.33. The molecule has 0 aliphatic heterocycles. The number of rotatable bonds is 10. The summed E-state index contributed by atoms with van der Waals surface area (Å²) in [4.78, 5) is 34.5. The summed E-state index contributed by atoms with van der Waals surface area (Å²) in [5, 5.41) is 17.5. The number of para-hydroxylation sites is 1. The summed E-state index contributed by atoms with van der Waals surface area (Å²) in [5.41, 5.74) is 4.86. The molecule has 0 bridgehead atoms. The molecule has 4 N–H and O–H groups in total. The van der Waals surface area contributed by atoms with Gasteiger partial charge in [0.2, 0.25) is 6.41 Å². The van der Waals surface area contributed by atoms with Gasteiger partial charge in [0, 0.05) is 25.1 Å². The Labute approximate surface area is 186 Å². The molecule has 164 valence electrons. The van der Waals surface area contributed by atoms with Gasteiger partial charge in [-0.05, 0) is 34.7 Å². The van der Waals surface area contributed by atoms with E-state index < -0.39 is 5.97 Å². The van der Waals surface area contributed by atoms with Crippen LogP contribution in [0.15, 0.2) is 72.8 Å². The zero-order valence-corrected chi connectivity index (χ0v) is 17.5. The quantitative estimate of drug-likeness (QED) is 0.365. The highest BCUT2D eigenvalue weighted by Gasteiger charge is 2.15. The van der Waals surface area contributed by atoms with Gasteiger partial charge >= 0.3 is 12.0 Å². The number of carboxylic acid groups (broad SMARTS) is 1. The van der Waals surface area contributed by atoms with E-state index in [0.29, 0.717) is 25.1 Å². The lowest BCUT2D eigenvalue weighted by Crippen LogP contribution is -2.28. The molecule has 0 unspecified atom stereocenters. The Morgan fingerprint density at radius 3 is 2.31 bits per heavy atom. The molecule has 3 aromatic carbocycles. The first-order valence-electron chi connectivity index (χ1n) is 10.3. The van der Waals surface area contributed by atoms with Crippen LogP contribution in [0.5, 0.6) is 0 Å². The summed E-state index contributed by atoms with van der Waals surface area (Å²) in [7, 11) is 0. The summed E-state index contributed by atoms with van der Waals surface area (Å²) >= 11 is 0. The van der Waals surface area contributed by atoms with E-state index in [4.69, 9.17) is 5.11 Å². The van der Waals surface area contributed by atoms with E-state index in [-0.39, 0.29) is 19.0 Å². The third kappa shape index (κ3) is 6.18. The van der Waals surface area contributed by atoms with Crippen molar-refractivity contribution in [2.75, 3.05) is 5.32 Å². The van der Waals surface area contributed by atoms with E-state index in [9.17, 15) is 14.4 Å². The number of carbonyl (C=O) groups is 3. The number of anilines is 1. The molecule has 3 aromatic rings. The van der Waals surface area contributed by atoms with Gasteiger partial charge in [-0.2, -0.15) is 0 Å². The van der Waals surface area contributed by atoms with E-state index in [0.717, 1.165) is 27.8 Å². The molecule has 0 fully saturated rings. The molecule has 0 aliphatic carbocycles. The van der Waals surface area contributed by atoms with E-state index in [1.54, 1.807) is 6.07 Å². The lowest BCUT2D eigenvalue weighted by atomic mass is 9.92. The largest absolute Gasteiger partial charge is 0.481 e.